The molecule has 0 fully saturated rings. The van der Waals surface area contributed by atoms with Crippen LogP contribution in [-0.4, -0.2) is 4.57 Å². The molecule has 0 spiro atoms. The van der Waals surface area contributed by atoms with Crippen LogP contribution in [0.1, 0.15) is 28.9 Å². The third-order valence-electron chi connectivity index (χ3n) is 3.67. The SMILES string of the molecule is C=Cc1c(C)c2c(n1-c1ccccc1)C=CCC2. The number of hydrogen-bond donors (Lipinski definition) is 0. The Hall–Kier alpha value is -2.02. The van der Waals surface area contributed by atoms with Crippen molar-refractivity contribution < 1.29 is 0 Å². The van der Waals surface area contributed by atoms with E-state index in [4.69, 9.17) is 0 Å². The summed E-state index contributed by atoms with van der Waals surface area (Å²) in [5.41, 5.74) is 6.59. The Bertz CT molecular complexity index is 615. The van der Waals surface area contributed by atoms with Crippen molar-refractivity contribution in [1.29, 1.82) is 0 Å². The lowest BCUT2D eigenvalue weighted by molar-refractivity contribution is 0.953. The Balaban J connectivity index is 2.32. The van der Waals surface area contributed by atoms with Crippen molar-refractivity contribution in [1.82, 2.24) is 4.57 Å². The van der Waals surface area contributed by atoms with Crippen LogP contribution in [0.25, 0.3) is 17.8 Å². The van der Waals surface area contributed by atoms with Crippen molar-refractivity contribution in [2.75, 3.05) is 0 Å². The quantitative estimate of drug-likeness (QED) is 0.727. The minimum absolute atomic E-state index is 1.14. The number of rotatable bonds is 2. The molecule has 0 bridgehead atoms. The van der Waals surface area contributed by atoms with Gasteiger partial charge in [0.05, 0.1) is 0 Å². The monoisotopic (exact) mass is 235 g/mol. The summed E-state index contributed by atoms with van der Waals surface area (Å²) >= 11 is 0. The van der Waals surface area contributed by atoms with Crippen molar-refractivity contribution >= 4 is 12.2 Å². The molecule has 0 saturated heterocycles. The van der Waals surface area contributed by atoms with Gasteiger partial charge in [-0.05, 0) is 55.2 Å². The summed E-state index contributed by atoms with van der Waals surface area (Å²) < 4.78 is 2.31. The average Bonchev–Trinajstić information content (AvgIpc) is 2.73. The van der Waals surface area contributed by atoms with Gasteiger partial charge < -0.3 is 4.57 Å². The molecule has 0 unspecified atom stereocenters. The first kappa shape index (κ1) is 11.1. The van der Waals surface area contributed by atoms with Crippen LogP contribution in [0.3, 0.4) is 0 Å². The maximum absolute atomic E-state index is 3.98. The van der Waals surface area contributed by atoms with Crippen molar-refractivity contribution in [2.45, 2.75) is 19.8 Å². The summed E-state index contributed by atoms with van der Waals surface area (Å²) in [5, 5.41) is 0. The zero-order valence-electron chi connectivity index (χ0n) is 10.7. The molecule has 0 saturated carbocycles. The minimum atomic E-state index is 1.14. The first-order valence-electron chi connectivity index (χ1n) is 6.41. The van der Waals surface area contributed by atoms with Crippen LogP contribution in [0.5, 0.6) is 0 Å². The normalized spacial score (nSPS) is 13.4. The van der Waals surface area contributed by atoms with E-state index >= 15 is 0 Å². The Morgan fingerprint density at radius 1 is 1.22 bits per heavy atom. The maximum Gasteiger partial charge on any atom is 0.0494 e. The molecular formula is C17H17N. The van der Waals surface area contributed by atoms with Gasteiger partial charge in [0.25, 0.3) is 0 Å². The summed E-state index contributed by atoms with van der Waals surface area (Å²) in [6.45, 7) is 6.18. The highest BCUT2D eigenvalue weighted by atomic mass is 15.0. The second-order valence-electron chi connectivity index (χ2n) is 4.69. The largest absolute Gasteiger partial charge is 0.310 e. The molecule has 1 aromatic heterocycles. The van der Waals surface area contributed by atoms with Gasteiger partial charge >= 0.3 is 0 Å². The molecule has 1 nitrogen and oxygen atoms in total. The number of para-hydroxylation sites is 1. The number of aromatic nitrogens is 1. The van der Waals surface area contributed by atoms with E-state index in [1.54, 1.807) is 0 Å². The van der Waals surface area contributed by atoms with E-state index in [9.17, 15) is 0 Å². The zero-order chi connectivity index (χ0) is 12.5. The lowest BCUT2D eigenvalue weighted by Gasteiger charge is -2.12. The topological polar surface area (TPSA) is 4.93 Å². The molecule has 1 aromatic carbocycles. The van der Waals surface area contributed by atoms with Crippen LogP contribution < -0.4 is 0 Å². The van der Waals surface area contributed by atoms with Crippen LogP contribution in [0, 0.1) is 6.92 Å². The predicted molar refractivity (Wildman–Crippen MR) is 78.0 cm³/mol. The van der Waals surface area contributed by atoms with Crippen LogP contribution >= 0.6 is 0 Å². The molecule has 1 heterocycles. The van der Waals surface area contributed by atoms with Crippen LogP contribution in [-0.2, 0) is 6.42 Å². The van der Waals surface area contributed by atoms with E-state index < -0.39 is 0 Å². The molecule has 0 radical (unpaired) electrons. The lowest BCUT2D eigenvalue weighted by atomic mass is 10.0. The molecule has 2 aromatic rings. The Kier molecular flexibility index (Phi) is 2.67. The highest BCUT2D eigenvalue weighted by molar-refractivity contribution is 5.67. The van der Waals surface area contributed by atoms with Crippen LogP contribution in [0.15, 0.2) is 43.0 Å². The zero-order valence-corrected chi connectivity index (χ0v) is 10.7. The molecule has 0 N–H and O–H groups in total. The maximum atomic E-state index is 3.98. The number of allylic oxidation sites excluding steroid dienone is 1. The van der Waals surface area contributed by atoms with Crippen molar-refractivity contribution in [2.24, 2.45) is 0 Å². The van der Waals surface area contributed by atoms with E-state index in [0.717, 1.165) is 12.8 Å². The summed E-state index contributed by atoms with van der Waals surface area (Å²) in [6.07, 6.45) is 8.75. The molecule has 0 atom stereocenters. The van der Waals surface area contributed by atoms with Gasteiger partial charge in [0, 0.05) is 17.1 Å². The van der Waals surface area contributed by atoms with E-state index in [0.29, 0.717) is 0 Å². The van der Waals surface area contributed by atoms with Gasteiger partial charge in [0.2, 0.25) is 0 Å². The molecule has 18 heavy (non-hydrogen) atoms. The Morgan fingerprint density at radius 3 is 2.72 bits per heavy atom. The van der Waals surface area contributed by atoms with Crippen LogP contribution in [0.2, 0.25) is 0 Å². The number of benzene rings is 1. The summed E-state index contributed by atoms with van der Waals surface area (Å²) in [4.78, 5) is 0. The second-order valence-corrected chi connectivity index (χ2v) is 4.69. The first-order valence-corrected chi connectivity index (χ1v) is 6.41. The molecule has 90 valence electrons. The van der Waals surface area contributed by atoms with E-state index in [1.165, 1.54) is 28.2 Å². The molecule has 1 heteroatoms. The molecule has 1 aliphatic rings. The average molecular weight is 235 g/mol. The van der Waals surface area contributed by atoms with Crippen molar-refractivity contribution in [3.63, 3.8) is 0 Å². The highest BCUT2D eigenvalue weighted by Gasteiger charge is 2.18. The minimum Gasteiger partial charge on any atom is -0.310 e. The van der Waals surface area contributed by atoms with E-state index in [1.807, 2.05) is 6.08 Å². The number of fused-ring (bicyclic) bond motifs is 1. The van der Waals surface area contributed by atoms with Crippen molar-refractivity contribution in [3.05, 3.63) is 65.5 Å². The predicted octanol–water partition coefficient (Wildman–Crippen LogP) is 4.39. The van der Waals surface area contributed by atoms with Gasteiger partial charge in [-0.25, -0.2) is 0 Å². The lowest BCUT2D eigenvalue weighted by Crippen LogP contribution is -2.01. The summed E-state index contributed by atoms with van der Waals surface area (Å²) in [5.74, 6) is 0. The van der Waals surface area contributed by atoms with Gasteiger partial charge in [0.15, 0.2) is 0 Å². The van der Waals surface area contributed by atoms with Gasteiger partial charge in [-0.1, -0.05) is 30.9 Å². The number of hydrogen-bond acceptors (Lipinski definition) is 0. The molecule has 3 rings (SSSR count). The second kappa shape index (κ2) is 4.34. The fourth-order valence-corrected chi connectivity index (χ4v) is 2.79. The molecular weight excluding hydrogens is 218 g/mol. The molecule has 0 aliphatic heterocycles. The highest BCUT2D eigenvalue weighted by Crippen LogP contribution is 2.31. The first-order chi connectivity index (χ1) is 8.83. The number of nitrogens with zero attached hydrogens (tertiary/aromatic N) is 1. The van der Waals surface area contributed by atoms with Gasteiger partial charge in [0.1, 0.15) is 0 Å². The van der Waals surface area contributed by atoms with Gasteiger partial charge in [-0.2, -0.15) is 0 Å². The fourth-order valence-electron chi connectivity index (χ4n) is 2.79. The van der Waals surface area contributed by atoms with Crippen molar-refractivity contribution in [3.8, 4) is 5.69 Å². The molecule has 1 aliphatic carbocycles. The Morgan fingerprint density at radius 2 is 2.00 bits per heavy atom. The van der Waals surface area contributed by atoms with Crippen LogP contribution in [0.4, 0.5) is 0 Å². The fraction of sp³-hybridized carbons (Fsp3) is 0.176. The summed E-state index contributed by atoms with van der Waals surface area (Å²) in [7, 11) is 0. The van der Waals surface area contributed by atoms with Gasteiger partial charge in [-0.15, -0.1) is 0 Å². The Labute approximate surface area is 108 Å². The smallest absolute Gasteiger partial charge is 0.0494 e. The van der Waals surface area contributed by atoms with Gasteiger partial charge in [-0.3, -0.25) is 0 Å². The van der Waals surface area contributed by atoms with E-state index in [-0.39, 0.29) is 0 Å². The molecule has 0 amide bonds. The summed E-state index contributed by atoms with van der Waals surface area (Å²) in [6, 6.07) is 10.5. The third kappa shape index (κ3) is 1.55. The standard InChI is InChI=1S/C17H17N/c1-3-16-13(2)15-11-7-8-12-17(15)18(16)14-9-5-4-6-10-14/h3-6,8-10,12H,1,7,11H2,2H3. The third-order valence-corrected chi connectivity index (χ3v) is 3.67. The van der Waals surface area contributed by atoms with E-state index in [2.05, 4.69) is 60.6 Å².